The molecule has 1 aromatic rings. The van der Waals surface area contributed by atoms with Crippen molar-refractivity contribution in [1.82, 2.24) is 0 Å². The molecule has 0 aliphatic carbocycles. The molecule has 66 valence electrons. The maximum absolute atomic E-state index is 2.23. The number of benzene rings is 1. The highest BCUT2D eigenvalue weighted by Gasteiger charge is 1.98. The molecule has 0 saturated carbocycles. The van der Waals surface area contributed by atoms with Crippen LogP contribution in [0.5, 0.6) is 0 Å². The highest BCUT2D eigenvalue weighted by Crippen LogP contribution is 2.28. The lowest BCUT2D eigenvalue weighted by Crippen LogP contribution is -1.76. The van der Waals surface area contributed by atoms with E-state index in [1.165, 1.54) is 14.7 Å². The first kappa shape index (κ1) is 10.4. The minimum atomic E-state index is 1.35. The first-order chi connectivity index (χ1) is 5.80. The lowest BCUT2D eigenvalue weighted by molar-refractivity contribution is 1.24. The number of hydrogen-bond donors (Lipinski definition) is 0. The van der Waals surface area contributed by atoms with Crippen molar-refractivity contribution in [2.24, 2.45) is 0 Å². The minimum absolute atomic E-state index is 1.35. The fourth-order valence-corrected chi connectivity index (χ4v) is 2.59. The molecule has 0 aromatic heterocycles. The number of hydrogen-bond acceptors (Lipinski definition) is 3. The standard InChI is InChI=1S/C9H12S3/c1-10-7-4-8(11-2)6-9(5-7)12-3/h4-6H,1-3H3. The Kier molecular flexibility index (Phi) is 4.40. The zero-order valence-corrected chi connectivity index (χ0v) is 9.91. The summed E-state index contributed by atoms with van der Waals surface area (Å²) in [6.45, 7) is 0. The Bertz CT molecular complexity index is 203. The van der Waals surface area contributed by atoms with Crippen LogP contribution in [-0.2, 0) is 0 Å². The van der Waals surface area contributed by atoms with E-state index in [-0.39, 0.29) is 0 Å². The van der Waals surface area contributed by atoms with Crippen LogP contribution in [0.2, 0.25) is 0 Å². The summed E-state index contributed by atoms with van der Waals surface area (Å²) in [5.41, 5.74) is 0. The van der Waals surface area contributed by atoms with E-state index in [9.17, 15) is 0 Å². The third-order valence-electron chi connectivity index (χ3n) is 1.56. The van der Waals surface area contributed by atoms with Crippen LogP contribution in [0.4, 0.5) is 0 Å². The summed E-state index contributed by atoms with van der Waals surface area (Å²) in [5.74, 6) is 0. The summed E-state index contributed by atoms with van der Waals surface area (Å²) in [6.07, 6.45) is 6.34. The zero-order chi connectivity index (χ0) is 8.97. The SMILES string of the molecule is CSc1cc(SC)cc(SC)c1. The molecule has 0 N–H and O–H groups in total. The highest BCUT2D eigenvalue weighted by molar-refractivity contribution is 8.00. The Labute approximate surface area is 86.9 Å². The Hall–Kier alpha value is 0.270. The molecule has 0 spiro atoms. The molecule has 1 aromatic carbocycles. The van der Waals surface area contributed by atoms with E-state index >= 15 is 0 Å². The molecule has 0 nitrogen and oxygen atoms in total. The molecule has 3 heteroatoms. The van der Waals surface area contributed by atoms with Gasteiger partial charge >= 0.3 is 0 Å². The molecule has 0 amide bonds. The van der Waals surface area contributed by atoms with Crippen LogP contribution >= 0.6 is 35.3 Å². The molecule has 0 bridgehead atoms. The van der Waals surface area contributed by atoms with Gasteiger partial charge in [0.05, 0.1) is 0 Å². The topological polar surface area (TPSA) is 0 Å². The summed E-state index contributed by atoms with van der Waals surface area (Å²) in [5, 5.41) is 0. The summed E-state index contributed by atoms with van der Waals surface area (Å²) in [7, 11) is 0. The first-order valence-corrected chi connectivity index (χ1v) is 7.24. The zero-order valence-electron chi connectivity index (χ0n) is 7.46. The molecule has 0 aliphatic rings. The smallest absolute Gasteiger partial charge is 0.00914 e. The molecule has 0 fully saturated rings. The van der Waals surface area contributed by atoms with Crippen LogP contribution in [-0.4, -0.2) is 18.8 Å². The van der Waals surface area contributed by atoms with Crippen molar-refractivity contribution in [2.45, 2.75) is 14.7 Å². The molecule has 0 radical (unpaired) electrons. The highest BCUT2D eigenvalue weighted by atomic mass is 32.2. The maximum atomic E-state index is 2.23. The van der Waals surface area contributed by atoms with Gasteiger partial charge in [-0.2, -0.15) is 0 Å². The van der Waals surface area contributed by atoms with Crippen LogP contribution in [0, 0.1) is 0 Å². The van der Waals surface area contributed by atoms with Crippen molar-refractivity contribution >= 4 is 35.3 Å². The molecule has 1 rings (SSSR count). The van der Waals surface area contributed by atoms with Gasteiger partial charge in [0, 0.05) is 14.7 Å². The monoisotopic (exact) mass is 216 g/mol. The van der Waals surface area contributed by atoms with E-state index in [0.717, 1.165) is 0 Å². The van der Waals surface area contributed by atoms with Gasteiger partial charge in [0.1, 0.15) is 0 Å². The quantitative estimate of drug-likeness (QED) is 0.704. The molecule has 0 unspecified atom stereocenters. The number of thioether (sulfide) groups is 3. The van der Waals surface area contributed by atoms with E-state index in [1.54, 1.807) is 35.3 Å². The van der Waals surface area contributed by atoms with Gasteiger partial charge in [0.25, 0.3) is 0 Å². The van der Waals surface area contributed by atoms with Crippen molar-refractivity contribution in [2.75, 3.05) is 18.8 Å². The lowest BCUT2D eigenvalue weighted by atomic mass is 10.4. The fraction of sp³-hybridized carbons (Fsp3) is 0.333. The number of rotatable bonds is 3. The van der Waals surface area contributed by atoms with Crippen molar-refractivity contribution in [3.8, 4) is 0 Å². The van der Waals surface area contributed by atoms with E-state index in [0.29, 0.717) is 0 Å². The second kappa shape index (κ2) is 5.10. The Morgan fingerprint density at radius 2 is 0.917 bits per heavy atom. The molecule has 0 saturated heterocycles. The molecule has 12 heavy (non-hydrogen) atoms. The van der Waals surface area contributed by atoms with Gasteiger partial charge in [-0.15, -0.1) is 35.3 Å². The van der Waals surface area contributed by atoms with Gasteiger partial charge in [-0.1, -0.05) is 0 Å². The Morgan fingerprint density at radius 1 is 0.667 bits per heavy atom. The maximum Gasteiger partial charge on any atom is 0.00914 e. The van der Waals surface area contributed by atoms with Gasteiger partial charge in [-0.25, -0.2) is 0 Å². The van der Waals surface area contributed by atoms with Gasteiger partial charge in [-0.3, -0.25) is 0 Å². The fourth-order valence-electron chi connectivity index (χ4n) is 0.899. The minimum Gasteiger partial charge on any atom is -0.130 e. The van der Waals surface area contributed by atoms with Crippen LogP contribution in [0.1, 0.15) is 0 Å². The Morgan fingerprint density at radius 3 is 1.08 bits per heavy atom. The van der Waals surface area contributed by atoms with E-state index in [2.05, 4.69) is 37.0 Å². The van der Waals surface area contributed by atoms with Gasteiger partial charge in [0.15, 0.2) is 0 Å². The molecule has 0 heterocycles. The van der Waals surface area contributed by atoms with E-state index in [1.807, 2.05) is 0 Å². The van der Waals surface area contributed by atoms with E-state index in [4.69, 9.17) is 0 Å². The summed E-state index contributed by atoms with van der Waals surface area (Å²) < 4.78 is 0. The average Bonchev–Trinajstić information content (AvgIpc) is 2.16. The second-order valence-corrected chi connectivity index (χ2v) is 4.89. The van der Waals surface area contributed by atoms with Gasteiger partial charge in [-0.05, 0) is 37.0 Å². The van der Waals surface area contributed by atoms with Crippen molar-refractivity contribution in [3.63, 3.8) is 0 Å². The Balaban J connectivity index is 3.01. The van der Waals surface area contributed by atoms with Crippen LogP contribution in [0.15, 0.2) is 32.9 Å². The molecular weight excluding hydrogens is 204 g/mol. The van der Waals surface area contributed by atoms with Crippen molar-refractivity contribution in [1.29, 1.82) is 0 Å². The van der Waals surface area contributed by atoms with Crippen LogP contribution < -0.4 is 0 Å². The summed E-state index contributed by atoms with van der Waals surface area (Å²) in [4.78, 5) is 4.06. The first-order valence-electron chi connectivity index (χ1n) is 3.57. The van der Waals surface area contributed by atoms with Crippen LogP contribution in [0.3, 0.4) is 0 Å². The van der Waals surface area contributed by atoms with Gasteiger partial charge in [0.2, 0.25) is 0 Å². The van der Waals surface area contributed by atoms with Crippen LogP contribution in [0.25, 0.3) is 0 Å². The molecular formula is C9H12S3. The largest absolute Gasteiger partial charge is 0.130 e. The summed E-state index contributed by atoms with van der Waals surface area (Å²) >= 11 is 5.40. The average molecular weight is 216 g/mol. The third-order valence-corrected chi connectivity index (χ3v) is 3.68. The molecule has 0 atom stereocenters. The second-order valence-electron chi connectivity index (χ2n) is 2.25. The predicted octanol–water partition coefficient (Wildman–Crippen LogP) is 3.85. The molecule has 0 aliphatic heterocycles. The van der Waals surface area contributed by atoms with Crippen molar-refractivity contribution in [3.05, 3.63) is 18.2 Å². The lowest BCUT2D eigenvalue weighted by Gasteiger charge is -2.03. The van der Waals surface area contributed by atoms with Gasteiger partial charge < -0.3 is 0 Å². The summed E-state index contributed by atoms with van der Waals surface area (Å²) in [6, 6.07) is 6.69. The normalized spacial score (nSPS) is 10.2. The third kappa shape index (κ3) is 2.64. The van der Waals surface area contributed by atoms with Crippen molar-refractivity contribution < 1.29 is 0 Å². The predicted molar refractivity (Wildman–Crippen MR) is 61.8 cm³/mol. The van der Waals surface area contributed by atoms with E-state index < -0.39 is 0 Å².